The number of sulfone groups is 1. The first-order valence-electron chi connectivity index (χ1n) is 5.76. The molecule has 0 saturated carbocycles. The fourth-order valence-electron chi connectivity index (χ4n) is 1.36. The van der Waals surface area contributed by atoms with Gasteiger partial charge in [0.1, 0.15) is 0 Å². The number of alkyl halides is 9. The van der Waals surface area contributed by atoms with Gasteiger partial charge in [0.25, 0.3) is 0 Å². The molecule has 0 fully saturated rings. The minimum atomic E-state index is -7.08. The second-order valence-electron chi connectivity index (χ2n) is 4.43. The van der Waals surface area contributed by atoms with Crippen LogP contribution in [0.3, 0.4) is 0 Å². The zero-order valence-corrected chi connectivity index (χ0v) is 12.0. The van der Waals surface area contributed by atoms with Gasteiger partial charge in [-0.25, -0.2) is 8.42 Å². The summed E-state index contributed by atoms with van der Waals surface area (Å²) in [6, 6.07) is 5.37. The number of halogens is 9. The smallest absolute Gasteiger partial charge is 0.219 e. The van der Waals surface area contributed by atoms with Crippen molar-refractivity contribution in [2.24, 2.45) is 0 Å². The summed E-state index contributed by atoms with van der Waals surface area (Å²) in [5.41, 5.74) is 0. The van der Waals surface area contributed by atoms with Gasteiger partial charge in [-0.3, -0.25) is 0 Å². The molecule has 24 heavy (non-hydrogen) atoms. The van der Waals surface area contributed by atoms with Crippen molar-refractivity contribution in [1.29, 1.82) is 0 Å². The standard InChI is InChI=1S/C12H7F9O2S/c13-9(14,10(15,16)11(17,18)12(19,20)21)6-7-24(22,23)8-4-2-1-3-5-8/h1-7H/b7-6+. The predicted octanol–water partition coefficient (Wildman–Crippen LogP) is 4.44. The van der Waals surface area contributed by atoms with Gasteiger partial charge in [0.15, 0.2) is 9.84 Å². The first-order valence-corrected chi connectivity index (χ1v) is 7.30. The maximum Gasteiger partial charge on any atom is 0.460 e. The fourth-order valence-corrected chi connectivity index (χ4v) is 2.40. The van der Waals surface area contributed by atoms with Crippen molar-refractivity contribution in [3.63, 3.8) is 0 Å². The lowest BCUT2D eigenvalue weighted by Crippen LogP contribution is -2.60. The summed E-state index contributed by atoms with van der Waals surface area (Å²) in [6.45, 7) is 0. The molecule has 0 aliphatic heterocycles. The Bertz CT molecular complexity index is 706. The number of rotatable bonds is 5. The van der Waals surface area contributed by atoms with Crippen molar-refractivity contribution in [3.8, 4) is 0 Å². The Morgan fingerprint density at radius 1 is 0.750 bits per heavy atom. The SMILES string of the molecule is O=S(=O)(/C=C/C(F)(F)C(F)(F)C(F)(F)C(F)(F)F)c1ccccc1. The molecule has 0 unspecified atom stereocenters. The van der Waals surface area contributed by atoms with E-state index in [-0.39, 0.29) is 0 Å². The van der Waals surface area contributed by atoms with E-state index in [1.807, 2.05) is 0 Å². The molecule has 1 aromatic carbocycles. The van der Waals surface area contributed by atoms with Gasteiger partial charge in [-0.05, 0) is 12.1 Å². The molecule has 0 aliphatic carbocycles. The maximum absolute atomic E-state index is 13.2. The number of hydrogen-bond acceptors (Lipinski definition) is 2. The van der Waals surface area contributed by atoms with Crippen molar-refractivity contribution in [1.82, 2.24) is 0 Å². The van der Waals surface area contributed by atoms with Gasteiger partial charge in [0.2, 0.25) is 0 Å². The summed E-state index contributed by atoms with van der Waals surface area (Å²) >= 11 is 0. The minimum Gasteiger partial charge on any atom is -0.219 e. The third-order valence-electron chi connectivity index (χ3n) is 2.70. The van der Waals surface area contributed by atoms with Crippen molar-refractivity contribution in [2.45, 2.75) is 28.8 Å². The first-order chi connectivity index (χ1) is 10.6. The lowest BCUT2D eigenvalue weighted by molar-refractivity contribution is -0.388. The highest BCUT2D eigenvalue weighted by Gasteiger charge is 2.81. The van der Waals surface area contributed by atoms with E-state index in [9.17, 15) is 47.9 Å². The van der Waals surface area contributed by atoms with Crippen molar-refractivity contribution in [3.05, 3.63) is 41.8 Å². The number of allylic oxidation sites excluding steroid dienone is 1. The maximum atomic E-state index is 13.2. The van der Waals surface area contributed by atoms with E-state index in [4.69, 9.17) is 0 Å². The molecular weight excluding hydrogens is 379 g/mol. The van der Waals surface area contributed by atoms with E-state index in [2.05, 4.69) is 0 Å². The zero-order valence-electron chi connectivity index (χ0n) is 11.2. The molecular formula is C12H7F9O2S. The Hall–Kier alpha value is -1.72. The van der Waals surface area contributed by atoms with Gasteiger partial charge in [-0.2, -0.15) is 39.5 Å². The highest BCUT2D eigenvalue weighted by Crippen LogP contribution is 2.53. The van der Waals surface area contributed by atoms with Crippen molar-refractivity contribution >= 4 is 9.84 Å². The van der Waals surface area contributed by atoms with Crippen LogP contribution in [0.2, 0.25) is 0 Å². The largest absolute Gasteiger partial charge is 0.460 e. The summed E-state index contributed by atoms with van der Waals surface area (Å²) in [6.07, 6.45) is -8.17. The molecule has 136 valence electrons. The van der Waals surface area contributed by atoms with Crippen LogP contribution in [0.4, 0.5) is 39.5 Å². The molecule has 0 atom stereocenters. The second kappa shape index (κ2) is 5.97. The Morgan fingerprint density at radius 3 is 1.62 bits per heavy atom. The van der Waals surface area contributed by atoms with Crippen LogP contribution in [-0.2, 0) is 9.84 Å². The molecule has 0 amide bonds. The zero-order chi connectivity index (χ0) is 19.0. The monoisotopic (exact) mass is 386 g/mol. The van der Waals surface area contributed by atoms with Crippen LogP contribution in [0, 0.1) is 0 Å². The third-order valence-corrected chi connectivity index (χ3v) is 4.12. The third kappa shape index (κ3) is 3.52. The van der Waals surface area contributed by atoms with Crippen molar-refractivity contribution in [2.75, 3.05) is 0 Å². The molecule has 1 rings (SSSR count). The van der Waals surface area contributed by atoms with Crippen LogP contribution < -0.4 is 0 Å². The highest BCUT2D eigenvalue weighted by atomic mass is 32.2. The van der Waals surface area contributed by atoms with Crippen LogP contribution >= 0.6 is 0 Å². The average Bonchev–Trinajstić information content (AvgIpc) is 2.45. The topological polar surface area (TPSA) is 34.1 Å². The Kier molecular flexibility index (Phi) is 5.06. The molecule has 0 radical (unpaired) electrons. The first kappa shape index (κ1) is 20.3. The Balaban J connectivity index is 3.26. The second-order valence-corrected chi connectivity index (χ2v) is 6.26. The van der Waals surface area contributed by atoms with Crippen molar-refractivity contribution < 1.29 is 47.9 Å². The van der Waals surface area contributed by atoms with Crippen LogP contribution in [0.5, 0.6) is 0 Å². The molecule has 1 aromatic rings. The lowest BCUT2D eigenvalue weighted by Gasteiger charge is -2.32. The van der Waals surface area contributed by atoms with E-state index in [1.165, 1.54) is 6.07 Å². The molecule has 0 aromatic heterocycles. The van der Waals surface area contributed by atoms with Gasteiger partial charge in [0, 0.05) is 11.5 Å². The molecule has 2 nitrogen and oxygen atoms in total. The van der Waals surface area contributed by atoms with E-state index in [0.717, 1.165) is 24.3 Å². The fraction of sp³-hybridized carbons (Fsp3) is 0.333. The van der Waals surface area contributed by atoms with Gasteiger partial charge >= 0.3 is 23.9 Å². The van der Waals surface area contributed by atoms with Crippen LogP contribution in [0.25, 0.3) is 0 Å². The minimum absolute atomic E-state index is 0.553. The summed E-state index contributed by atoms with van der Waals surface area (Å²) in [5, 5.41) is -0.553. The molecule has 0 heterocycles. The average molecular weight is 386 g/mol. The Morgan fingerprint density at radius 2 is 1.21 bits per heavy atom. The molecule has 12 heteroatoms. The quantitative estimate of drug-likeness (QED) is 0.702. The lowest BCUT2D eigenvalue weighted by atomic mass is 10.0. The predicted molar refractivity (Wildman–Crippen MR) is 63.7 cm³/mol. The summed E-state index contributed by atoms with van der Waals surface area (Å²) in [5.74, 6) is -20.1. The van der Waals surface area contributed by atoms with Crippen LogP contribution in [0.15, 0.2) is 46.7 Å². The van der Waals surface area contributed by atoms with Crippen LogP contribution in [-0.4, -0.2) is 32.4 Å². The van der Waals surface area contributed by atoms with E-state index >= 15 is 0 Å². The molecule has 0 N–H and O–H groups in total. The summed E-state index contributed by atoms with van der Waals surface area (Å²) in [7, 11) is -4.75. The normalized spacial score (nSPS) is 15.0. The van der Waals surface area contributed by atoms with E-state index in [1.54, 1.807) is 0 Å². The number of hydrogen-bond donors (Lipinski definition) is 0. The van der Waals surface area contributed by atoms with Crippen LogP contribution in [0.1, 0.15) is 0 Å². The summed E-state index contributed by atoms with van der Waals surface area (Å²) < 4.78 is 136. The molecule has 0 spiro atoms. The number of benzene rings is 1. The summed E-state index contributed by atoms with van der Waals surface area (Å²) in [4.78, 5) is -0.650. The Labute approximate surface area is 129 Å². The van der Waals surface area contributed by atoms with Gasteiger partial charge in [0.05, 0.1) is 4.90 Å². The molecule has 0 bridgehead atoms. The highest BCUT2D eigenvalue weighted by molar-refractivity contribution is 7.94. The van der Waals surface area contributed by atoms with Gasteiger partial charge in [-0.1, -0.05) is 18.2 Å². The van der Waals surface area contributed by atoms with E-state index < -0.39 is 50.2 Å². The van der Waals surface area contributed by atoms with Gasteiger partial charge in [-0.15, -0.1) is 0 Å². The molecule has 0 aliphatic rings. The van der Waals surface area contributed by atoms with E-state index in [0.29, 0.717) is 0 Å². The van der Waals surface area contributed by atoms with Gasteiger partial charge < -0.3 is 0 Å². The molecule has 0 saturated heterocycles.